The summed E-state index contributed by atoms with van der Waals surface area (Å²) in [5.41, 5.74) is 0.758. The number of halogens is 2. The standard InChI is InChI=1S/C13H13BrFN3O2/c1-8-17-13(20-18-8)7-16-12(19)5-2-9-6-10(15)3-4-11(9)14/h3-4,6H,2,5,7H2,1H3,(H,16,19). The second kappa shape index (κ2) is 6.60. The first-order valence-corrected chi connectivity index (χ1v) is 6.83. The lowest BCUT2D eigenvalue weighted by atomic mass is 10.1. The molecule has 0 aliphatic carbocycles. The lowest BCUT2D eigenvalue weighted by Gasteiger charge is -2.05. The molecule has 1 aromatic heterocycles. The van der Waals surface area contributed by atoms with Crippen LogP contribution in [0.1, 0.15) is 23.7 Å². The Hall–Kier alpha value is -1.76. The fourth-order valence-electron chi connectivity index (χ4n) is 1.66. The largest absolute Gasteiger partial charge is 0.347 e. The Morgan fingerprint density at radius 3 is 3.00 bits per heavy atom. The van der Waals surface area contributed by atoms with Crippen LogP contribution in [-0.4, -0.2) is 16.0 Å². The average molecular weight is 342 g/mol. The zero-order chi connectivity index (χ0) is 14.5. The number of hydrogen-bond acceptors (Lipinski definition) is 4. The van der Waals surface area contributed by atoms with Gasteiger partial charge in [-0.3, -0.25) is 4.79 Å². The zero-order valence-corrected chi connectivity index (χ0v) is 12.4. The minimum atomic E-state index is -0.315. The molecule has 1 amide bonds. The lowest BCUT2D eigenvalue weighted by Crippen LogP contribution is -2.23. The van der Waals surface area contributed by atoms with Crippen LogP contribution in [0.2, 0.25) is 0 Å². The van der Waals surface area contributed by atoms with Gasteiger partial charge in [0.2, 0.25) is 11.8 Å². The second-order valence-corrected chi connectivity index (χ2v) is 5.10. The molecule has 0 atom stereocenters. The van der Waals surface area contributed by atoms with Gasteiger partial charge in [-0.25, -0.2) is 4.39 Å². The topological polar surface area (TPSA) is 68.0 Å². The van der Waals surface area contributed by atoms with E-state index < -0.39 is 0 Å². The van der Waals surface area contributed by atoms with Crippen LogP contribution in [0, 0.1) is 12.7 Å². The molecule has 0 unspecified atom stereocenters. The van der Waals surface area contributed by atoms with E-state index in [-0.39, 0.29) is 24.7 Å². The maximum absolute atomic E-state index is 13.1. The number of carbonyl (C=O) groups is 1. The number of carbonyl (C=O) groups excluding carboxylic acids is 1. The van der Waals surface area contributed by atoms with Crippen LogP contribution >= 0.6 is 15.9 Å². The van der Waals surface area contributed by atoms with Crippen LogP contribution in [0.3, 0.4) is 0 Å². The third-order valence-electron chi connectivity index (χ3n) is 2.64. The number of hydrogen-bond donors (Lipinski definition) is 1. The van der Waals surface area contributed by atoms with Gasteiger partial charge in [0.05, 0.1) is 6.54 Å². The third kappa shape index (κ3) is 4.12. The van der Waals surface area contributed by atoms with Crippen LogP contribution in [0.4, 0.5) is 4.39 Å². The number of nitrogens with one attached hydrogen (secondary N) is 1. The molecular formula is C13H13BrFN3O2. The molecule has 1 aromatic carbocycles. The molecule has 0 saturated heterocycles. The van der Waals surface area contributed by atoms with Crippen molar-refractivity contribution >= 4 is 21.8 Å². The van der Waals surface area contributed by atoms with Gasteiger partial charge in [0.25, 0.3) is 0 Å². The second-order valence-electron chi connectivity index (χ2n) is 4.25. The summed E-state index contributed by atoms with van der Waals surface area (Å²) in [7, 11) is 0. The summed E-state index contributed by atoms with van der Waals surface area (Å²) in [4.78, 5) is 15.7. The fourth-order valence-corrected chi connectivity index (χ4v) is 2.10. The fraction of sp³-hybridized carbons (Fsp3) is 0.308. The van der Waals surface area contributed by atoms with Crippen molar-refractivity contribution in [3.8, 4) is 0 Å². The molecule has 20 heavy (non-hydrogen) atoms. The average Bonchev–Trinajstić information content (AvgIpc) is 2.83. The van der Waals surface area contributed by atoms with E-state index in [1.54, 1.807) is 13.0 Å². The Bertz CT molecular complexity index is 615. The molecule has 0 bridgehead atoms. The SMILES string of the molecule is Cc1noc(CNC(=O)CCc2cc(F)ccc2Br)n1. The number of amides is 1. The molecule has 0 aliphatic heterocycles. The summed E-state index contributed by atoms with van der Waals surface area (Å²) in [5.74, 6) is 0.419. The van der Waals surface area contributed by atoms with Crippen LogP contribution in [0.25, 0.3) is 0 Å². The Morgan fingerprint density at radius 2 is 2.30 bits per heavy atom. The number of aryl methyl sites for hydroxylation is 2. The Labute approximate surface area is 123 Å². The van der Waals surface area contributed by atoms with Gasteiger partial charge in [-0.15, -0.1) is 0 Å². The van der Waals surface area contributed by atoms with E-state index in [0.717, 1.165) is 10.0 Å². The van der Waals surface area contributed by atoms with Gasteiger partial charge in [-0.2, -0.15) is 4.98 Å². The van der Waals surface area contributed by atoms with Gasteiger partial charge in [0, 0.05) is 10.9 Å². The summed E-state index contributed by atoms with van der Waals surface area (Å²) in [6.07, 6.45) is 0.711. The van der Waals surface area contributed by atoms with E-state index in [1.165, 1.54) is 12.1 Å². The van der Waals surface area contributed by atoms with E-state index >= 15 is 0 Å². The molecule has 2 aromatic rings. The molecule has 5 nitrogen and oxygen atoms in total. The Morgan fingerprint density at radius 1 is 1.50 bits per heavy atom. The van der Waals surface area contributed by atoms with E-state index in [2.05, 4.69) is 31.4 Å². The van der Waals surface area contributed by atoms with Crippen molar-refractivity contribution < 1.29 is 13.7 Å². The van der Waals surface area contributed by atoms with Crippen molar-refractivity contribution in [2.24, 2.45) is 0 Å². The van der Waals surface area contributed by atoms with Crippen molar-refractivity contribution in [2.75, 3.05) is 0 Å². The van der Waals surface area contributed by atoms with Crippen molar-refractivity contribution in [3.05, 3.63) is 45.8 Å². The molecule has 0 fully saturated rings. The van der Waals surface area contributed by atoms with Crippen molar-refractivity contribution in [1.29, 1.82) is 0 Å². The molecule has 2 rings (SSSR count). The summed E-state index contributed by atoms with van der Waals surface area (Å²) in [6.45, 7) is 1.90. The summed E-state index contributed by atoms with van der Waals surface area (Å²) in [6, 6.07) is 4.41. The maximum atomic E-state index is 13.1. The molecule has 0 aliphatic rings. The Kier molecular flexibility index (Phi) is 4.84. The quantitative estimate of drug-likeness (QED) is 0.907. The predicted molar refractivity (Wildman–Crippen MR) is 73.3 cm³/mol. The summed E-state index contributed by atoms with van der Waals surface area (Å²) < 4.78 is 18.8. The van der Waals surface area contributed by atoms with Gasteiger partial charge < -0.3 is 9.84 Å². The van der Waals surface area contributed by atoms with Crippen LogP contribution in [0.15, 0.2) is 27.2 Å². The molecule has 0 radical (unpaired) electrons. The van der Waals surface area contributed by atoms with Gasteiger partial charge in [-0.05, 0) is 37.1 Å². The van der Waals surface area contributed by atoms with Gasteiger partial charge in [-0.1, -0.05) is 21.1 Å². The van der Waals surface area contributed by atoms with Crippen LogP contribution in [0.5, 0.6) is 0 Å². The van der Waals surface area contributed by atoms with Gasteiger partial charge >= 0.3 is 0 Å². The zero-order valence-electron chi connectivity index (χ0n) is 10.8. The highest BCUT2D eigenvalue weighted by molar-refractivity contribution is 9.10. The maximum Gasteiger partial charge on any atom is 0.246 e. The van der Waals surface area contributed by atoms with Crippen molar-refractivity contribution in [2.45, 2.75) is 26.3 Å². The predicted octanol–water partition coefficient (Wildman–Crippen LogP) is 2.53. The number of benzene rings is 1. The highest BCUT2D eigenvalue weighted by atomic mass is 79.9. The Balaban J connectivity index is 1.81. The minimum absolute atomic E-state index is 0.156. The molecule has 1 N–H and O–H groups in total. The summed E-state index contributed by atoms with van der Waals surface area (Å²) in [5, 5.41) is 6.30. The van der Waals surface area contributed by atoms with E-state index in [1.807, 2.05) is 0 Å². The van der Waals surface area contributed by atoms with Crippen molar-refractivity contribution in [1.82, 2.24) is 15.5 Å². The van der Waals surface area contributed by atoms with E-state index in [0.29, 0.717) is 18.1 Å². The molecule has 7 heteroatoms. The highest BCUT2D eigenvalue weighted by Crippen LogP contribution is 2.19. The van der Waals surface area contributed by atoms with Crippen molar-refractivity contribution in [3.63, 3.8) is 0 Å². The van der Waals surface area contributed by atoms with Gasteiger partial charge in [0.1, 0.15) is 5.82 Å². The number of aromatic nitrogens is 2. The number of rotatable bonds is 5. The molecule has 0 spiro atoms. The van der Waals surface area contributed by atoms with E-state index in [4.69, 9.17) is 4.52 Å². The van der Waals surface area contributed by atoms with Gasteiger partial charge in [0.15, 0.2) is 5.82 Å². The number of nitrogens with zero attached hydrogens (tertiary/aromatic N) is 2. The molecule has 106 valence electrons. The smallest absolute Gasteiger partial charge is 0.246 e. The first-order valence-electron chi connectivity index (χ1n) is 6.04. The highest BCUT2D eigenvalue weighted by Gasteiger charge is 2.08. The lowest BCUT2D eigenvalue weighted by molar-refractivity contribution is -0.121. The third-order valence-corrected chi connectivity index (χ3v) is 3.41. The monoisotopic (exact) mass is 341 g/mol. The molecule has 1 heterocycles. The van der Waals surface area contributed by atoms with E-state index in [9.17, 15) is 9.18 Å². The summed E-state index contributed by atoms with van der Waals surface area (Å²) >= 11 is 3.33. The minimum Gasteiger partial charge on any atom is -0.347 e. The molecule has 0 saturated carbocycles. The normalized spacial score (nSPS) is 10.6. The van der Waals surface area contributed by atoms with Crippen LogP contribution < -0.4 is 5.32 Å². The molecular weight excluding hydrogens is 329 g/mol. The first kappa shape index (κ1) is 14.6. The first-order chi connectivity index (χ1) is 9.54. The van der Waals surface area contributed by atoms with Crippen LogP contribution in [-0.2, 0) is 17.8 Å².